The van der Waals surface area contributed by atoms with Gasteiger partial charge in [0.1, 0.15) is 0 Å². The van der Waals surface area contributed by atoms with Gasteiger partial charge >= 0.3 is 0 Å². The summed E-state index contributed by atoms with van der Waals surface area (Å²) in [5, 5.41) is 0. The minimum Gasteiger partial charge on any atom is -0.282 e. The molecule has 0 atom stereocenters. The van der Waals surface area contributed by atoms with Crippen molar-refractivity contribution in [2.45, 2.75) is 70.1 Å². The second-order valence-electron chi connectivity index (χ2n) is 5.28. The molecule has 0 aromatic heterocycles. The SMILES string of the molecule is CCCCCCCc1c(CCC)cccc1S(=O)(=O)O. The van der Waals surface area contributed by atoms with Crippen molar-refractivity contribution in [3.8, 4) is 0 Å². The van der Waals surface area contributed by atoms with Gasteiger partial charge in [-0.3, -0.25) is 4.55 Å². The van der Waals surface area contributed by atoms with E-state index in [0.717, 1.165) is 43.2 Å². The standard InChI is InChI=1S/C16H26O3S/c1-3-5-6-7-8-12-15-14(10-4-2)11-9-13-16(15)20(17,18)19/h9,11,13H,3-8,10,12H2,1-2H3,(H,17,18,19). The van der Waals surface area contributed by atoms with Gasteiger partial charge in [0.25, 0.3) is 10.1 Å². The summed E-state index contributed by atoms with van der Waals surface area (Å²) < 4.78 is 32.4. The van der Waals surface area contributed by atoms with Gasteiger partial charge in [0.05, 0.1) is 4.90 Å². The largest absolute Gasteiger partial charge is 0.294 e. The highest BCUT2D eigenvalue weighted by Gasteiger charge is 2.17. The minimum absolute atomic E-state index is 0.0962. The topological polar surface area (TPSA) is 54.4 Å². The fraction of sp³-hybridized carbons (Fsp3) is 0.625. The Bertz CT molecular complexity index is 506. The van der Waals surface area contributed by atoms with Gasteiger partial charge in [0.2, 0.25) is 0 Å². The molecular formula is C16H26O3S. The van der Waals surface area contributed by atoms with Crippen LogP contribution < -0.4 is 0 Å². The Morgan fingerprint density at radius 1 is 0.950 bits per heavy atom. The molecule has 114 valence electrons. The van der Waals surface area contributed by atoms with E-state index in [2.05, 4.69) is 13.8 Å². The third kappa shape index (κ3) is 5.25. The average molecular weight is 298 g/mol. The molecule has 0 aliphatic rings. The van der Waals surface area contributed by atoms with E-state index in [-0.39, 0.29) is 4.90 Å². The van der Waals surface area contributed by atoms with Crippen LogP contribution >= 0.6 is 0 Å². The van der Waals surface area contributed by atoms with E-state index in [1.165, 1.54) is 25.3 Å². The van der Waals surface area contributed by atoms with Crippen LogP contribution in [-0.2, 0) is 23.0 Å². The predicted octanol–water partition coefficient (Wildman–Crippen LogP) is 4.40. The number of aryl methyl sites for hydroxylation is 1. The second kappa shape index (κ2) is 8.42. The Hall–Kier alpha value is -0.870. The Morgan fingerprint density at radius 2 is 1.65 bits per heavy atom. The first-order valence-corrected chi connectivity index (χ1v) is 9.03. The van der Waals surface area contributed by atoms with E-state index >= 15 is 0 Å². The molecule has 1 aromatic carbocycles. The predicted molar refractivity (Wildman–Crippen MR) is 82.7 cm³/mol. The second-order valence-corrected chi connectivity index (χ2v) is 6.67. The minimum atomic E-state index is -4.12. The number of hydrogen-bond donors (Lipinski definition) is 1. The van der Waals surface area contributed by atoms with Crippen molar-refractivity contribution >= 4 is 10.1 Å². The zero-order valence-electron chi connectivity index (χ0n) is 12.6. The van der Waals surface area contributed by atoms with Crippen LogP contribution in [0, 0.1) is 0 Å². The summed E-state index contributed by atoms with van der Waals surface area (Å²) in [4.78, 5) is 0.0962. The lowest BCUT2D eigenvalue weighted by Gasteiger charge is -2.13. The van der Waals surface area contributed by atoms with Crippen LogP contribution in [0.1, 0.15) is 63.5 Å². The summed E-state index contributed by atoms with van der Waals surface area (Å²) in [7, 11) is -4.12. The Labute approximate surface area is 123 Å². The lowest BCUT2D eigenvalue weighted by Crippen LogP contribution is -2.06. The quantitative estimate of drug-likeness (QED) is 0.543. The average Bonchev–Trinajstić information content (AvgIpc) is 2.39. The van der Waals surface area contributed by atoms with Gasteiger partial charge in [0, 0.05) is 0 Å². The smallest absolute Gasteiger partial charge is 0.282 e. The molecule has 1 rings (SSSR count). The molecule has 0 aliphatic heterocycles. The Kier molecular flexibility index (Phi) is 7.24. The lowest BCUT2D eigenvalue weighted by molar-refractivity contribution is 0.481. The number of benzene rings is 1. The molecule has 0 aliphatic carbocycles. The molecule has 0 spiro atoms. The molecule has 0 fully saturated rings. The van der Waals surface area contributed by atoms with Gasteiger partial charge in [-0.1, -0.05) is 58.1 Å². The van der Waals surface area contributed by atoms with Crippen LogP contribution in [0.5, 0.6) is 0 Å². The molecule has 0 saturated carbocycles. The lowest BCUT2D eigenvalue weighted by atomic mass is 9.98. The zero-order valence-corrected chi connectivity index (χ0v) is 13.4. The summed E-state index contributed by atoms with van der Waals surface area (Å²) in [6, 6.07) is 5.20. The van der Waals surface area contributed by atoms with Crippen molar-refractivity contribution in [2.75, 3.05) is 0 Å². The molecule has 0 heterocycles. The third-order valence-electron chi connectivity index (χ3n) is 3.56. The van der Waals surface area contributed by atoms with Gasteiger partial charge in [-0.25, -0.2) is 0 Å². The molecule has 0 amide bonds. The van der Waals surface area contributed by atoms with Crippen molar-refractivity contribution in [1.82, 2.24) is 0 Å². The first kappa shape index (κ1) is 17.2. The van der Waals surface area contributed by atoms with E-state index < -0.39 is 10.1 Å². The number of hydrogen-bond acceptors (Lipinski definition) is 2. The maximum atomic E-state index is 11.5. The van der Waals surface area contributed by atoms with Gasteiger partial charge in [-0.2, -0.15) is 8.42 Å². The molecular weight excluding hydrogens is 272 g/mol. The molecule has 1 N–H and O–H groups in total. The molecule has 0 unspecified atom stereocenters. The van der Waals surface area contributed by atoms with Crippen molar-refractivity contribution < 1.29 is 13.0 Å². The van der Waals surface area contributed by atoms with E-state index in [4.69, 9.17) is 0 Å². The molecule has 20 heavy (non-hydrogen) atoms. The van der Waals surface area contributed by atoms with Crippen LogP contribution in [0.15, 0.2) is 23.1 Å². The third-order valence-corrected chi connectivity index (χ3v) is 4.50. The van der Waals surface area contributed by atoms with Crippen molar-refractivity contribution in [2.24, 2.45) is 0 Å². The Balaban J connectivity index is 2.88. The highest BCUT2D eigenvalue weighted by molar-refractivity contribution is 7.85. The Morgan fingerprint density at radius 3 is 2.25 bits per heavy atom. The van der Waals surface area contributed by atoms with Crippen LogP contribution in [0.25, 0.3) is 0 Å². The molecule has 4 heteroatoms. The normalized spacial score (nSPS) is 11.8. The van der Waals surface area contributed by atoms with Crippen LogP contribution in [-0.4, -0.2) is 13.0 Å². The van der Waals surface area contributed by atoms with Gasteiger partial charge in [0.15, 0.2) is 0 Å². The van der Waals surface area contributed by atoms with Gasteiger partial charge in [-0.15, -0.1) is 0 Å². The van der Waals surface area contributed by atoms with Crippen molar-refractivity contribution in [3.63, 3.8) is 0 Å². The van der Waals surface area contributed by atoms with Crippen molar-refractivity contribution in [1.29, 1.82) is 0 Å². The first-order valence-electron chi connectivity index (χ1n) is 7.59. The number of unbranched alkanes of at least 4 members (excludes halogenated alkanes) is 4. The highest BCUT2D eigenvalue weighted by atomic mass is 32.2. The zero-order chi connectivity index (χ0) is 15.0. The van der Waals surface area contributed by atoms with E-state index in [1.807, 2.05) is 6.07 Å². The highest BCUT2D eigenvalue weighted by Crippen LogP contribution is 2.23. The molecule has 0 saturated heterocycles. The monoisotopic (exact) mass is 298 g/mol. The summed E-state index contributed by atoms with van der Waals surface area (Å²) in [6.07, 6.45) is 8.25. The fourth-order valence-corrected chi connectivity index (χ4v) is 3.34. The molecule has 1 aromatic rings. The summed E-state index contributed by atoms with van der Waals surface area (Å²) >= 11 is 0. The van der Waals surface area contributed by atoms with E-state index in [9.17, 15) is 13.0 Å². The molecule has 0 radical (unpaired) electrons. The van der Waals surface area contributed by atoms with E-state index in [0.29, 0.717) is 0 Å². The van der Waals surface area contributed by atoms with Crippen LogP contribution in [0.3, 0.4) is 0 Å². The summed E-state index contributed by atoms with van der Waals surface area (Å²) in [6.45, 7) is 4.25. The first-order chi connectivity index (χ1) is 9.50. The van der Waals surface area contributed by atoms with Gasteiger partial charge in [-0.05, 0) is 36.5 Å². The maximum Gasteiger partial charge on any atom is 0.294 e. The van der Waals surface area contributed by atoms with Crippen LogP contribution in [0.2, 0.25) is 0 Å². The van der Waals surface area contributed by atoms with Gasteiger partial charge < -0.3 is 0 Å². The molecule has 0 bridgehead atoms. The maximum absolute atomic E-state index is 11.5. The van der Waals surface area contributed by atoms with E-state index in [1.54, 1.807) is 6.07 Å². The number of rotatable bonds is 9. The molecule has 3 nitrogen and oxygen atoms in total. The van der Waals surface area contributed by atoms with Crippen LogP contribution in [0.4, 0.5) is 0 Å². The summed E-state index contributed by atoms with van der Waals surface area (Å²) in [5.41, 5.74) is 1.87. The van der Waals surface area contributed by atoms with Crippen molar-refractivity contribution in [3.05, 3.63) is 29.3 Å². The fourth-order valence-electron chi connectivity index (χ4n) is 2.55. The summed E-state index contributed by atoms with van der Waals surface area (Å²) in [5.74, 6) is 0.